The molecule has 0 aliphatic carbocycles. The third-order valence-electron chi connectivity index (χ3n) is 3.29. The van der Waals surface area contributed by atoms with Gasteiger partial charge in [0.15, 0.2) is 0 Å². The second-order valence-corrected chi connectivity index (χ2v) is 6.18. The summed E-state index contributed by atoms with van der Waals surface area (Å²) in [6.45, 7) is 4.01. The van der Waals surface area contributed by atoms with Crippen LogP contribution in [0.3, 0.4) is 0 Å². The van der Waals surface area contributed by atoms with Crippen molar-refractivity contribution in [2.24, 2.45) is 0 Å². The van der Waals surface area contributed by atoms with Gasteiger partial charge >= 0.3 is 0 Å². The predicted octanol–water partition coefficient (Wildman–Crippen LogP) is 5.65. The first-order valence-corrected chi connectivity index (χ1v) is 7.61. The van der Waals surface area contributed by atoms with Crippen LogP contribution in [0.5, 0.6) is 0 Å². The molecule has 2 rings (SSSR count). The highest BCUT2D eigenvalue weighted by molar-refractivity contribution is 9.10. The largest absolute Gasteiger partial charge is 0.304 e. The molecule has 0 bridgehead atoms. The maximum absolute atomic E-state index is 13.8. The van der Waals surface area contributed by atoms with Gasteiger partial charge in [-0.05, 0) is 49.7 Å². The van der Waals surface area contributed by atoms with E-state index in [9.17, 15) is 4.39 Å². The van der Waals surface area contributed by atoms with Gasteiger partial charge in [-0.3, -0.25) is 0 Å². The molecule has 0 spiro atoms. The van der Waals surface area contributed by atoms with Crippen molar-refractivity contribution in [3.63, 3.8) is 0 Å². The maximum atomic E-state index is 13.8. The lowest BCUT2D eigenvalue weighted by molar-refractivity contribution is 0.474. The van der Waals surface area contributed by atoms with Gasteiger partial charge in [-0.1, -0.05) is 39.7 Å². The van der Waals surface area contributed by atoms with Gasteiger partial charge in [0.1, 0.15) is 5.82 Å². The molecule has 0 aliphatic heterocycles. The Morgan fingerprint density at radius 3 is 2.35 bits per heavy atom. The average Bonchev–Trinajstić information content (AvgIpc) is 2.42. The summed E-state index contributed by atoms with van der Waals surface area (Å²) in [6.07, 6.45) is 0. The van der Waals surface area contributed by atoms with Crippen molar-refractivity contribution in [3.8, 4) is 0 Å². The minimum Gasteiger partial charge on any atom is -0.304 e. The van der Waals surface area contributed by atoms with E-state index in [1.165, 1.54) is 6.07 Å². The molecule has 2 atom stereocenters. The summed E-state index contributed by atoms with van der Waals surface area (Å²) in [6, 6.07) is 12.7. The van der Waals surface area contributed by atoms with E-state index in [1.807, 2.05) is 37.3 Å². The Labute approximate surface area is 132 Å². The van der Waals surface area contributed by atoms with Gasteiger partial charge in [-0.25, -0.2) is 4.39 Å². The van der Waals surface area contributed by atoms with Gasteiger partial charge in [0.2, 0.25) is 0 Å². The van der Waals surface area contributed by atoms with E-state index >= 15 is 0 Å². The molecule has 2 unspecified atom stereocenters. The van der Waals surface area contributed by atoms with Crippen molar-refractivity contribution in [1.82, 2.24) is 5.32 Å². The van der Waals surface area contributed by atoms with Gasteiger partial charge in [0, 0.05) is 27.1 Å². The lowest BCUT2D eigenvalue weighted by Gasteiger charge is -2.21. The summed E-state index contributed by atoms with van der Waals surface area (Å²) in [5, 5.41) is 4.11. The van der Waals surface area contributed by atoms with E-state index < -0.39 is 0 Å². The second kappa shape index (κ2) is 6.70. The number of benzene rings is 2. The van der Waals surface area contributed by atoms with Crippen LogP contribution in [0.15, 0.2) is 46.9 Å². The highest BCUT2D eigenvalue weighted by Crippen LogP contribution is 2.25. The Morgan fingerprint density at radius 2 is 1.70 bits per heavy atom. The number of hydrogen-bond donors (Lipinski definition) is 1. The van der Waals surface area contributed by atoms with Crippen molar-refractivity contribution in [2.75, 3.05) is 0 Å². The summed E-state index contributed by atoms with van der Waals surface area (Å²) in [5.41, 5.74) is 1.77. The van der Waals surface area contributed by atoms with Gasteiger partial charge in [-0.15, -0.1) is 0 Å². The van der Waals surface area contributed by atoms with Crippen LogP contribution in [-0.2, 0) is 0 Å². The topological polar surface area (TPSA) is 12.0 Å². The molecule has 0 fully saturated rings. The monoisotopic (exact) mass is 355 g/mol. The molecular weight excluding hydrogens is 341 g/mol. The van der Waals surface area contributed by atoms with E-state index in [2.05, 4.69) is 28.2 Å². The van der Waals surface area contributed by atoms with E-state index in [4.69, 9.17) is 11.6 Å². The zero-order chi connectivity index (χ0) is 14.7. The fourth-order valence-electron chi connectivity index (χ4n) is 2.16. The Kier molecular flexibility index (Phi) is 5.19. The van der Waals surface area contributed by atoms with Crippen LogP contribution in [0, 0.1) is 5.82 Å². The van der Waals surface area contributed by atoms with Gasteiger partial charge in [-0.2, -0.15) is 0 Å². The maximum Gasteiger partial charge on any atom is 0.128 e. The Bertz CT molecular complexity index is 586. The van der Waals surface area contributed by atoms with E-state index in [-0.39, 0.29) is 17.9 Å². The van der Waals surface area contributed by atoms with E-state index in [0.29, 0.717) is 10.6 Å². The van der Waals surface area contributed by atoms with Crippen molar-refractivity contribution >= 4 is 27.5 Å². The number of nitrogens with one attached hydrogen (secondary N) is 1. The summed E-state index contributed by atoms with van der Waals surface area (Å²) < 4.78 is 14.7. The molecule has 0 saturated heterocycles. The molecule has 106 valence electrons. The van der Waals surface area contributed by atoms with Gasteiger partial charge in [0.25, 0.3) is 0 Å². The van der Waals surface area contributed by atoms with Crippen LogP contribution < -0.4 is 5.32 Å². The standard InChI is InChI=1S/C16H16BrClFN/c1-10(12-3-6-14(18)7-4-12)20-11(2)15-9-13(17)5-8-16(15)19/h3-11,20H,1-2H3. The minimum atomic E-state index is -0.198. The fraction of sp³-hybridized carbons (Fsp3) is 0.250. The van der Waals surface area contributed by atoms with Crippen LogP contribution in [0.2, 0.25) is 5.02 Å². The molecule has 1 nitrogen and oxygen atoms in total. The molecule has 0 amide bonds. The van der Waals surface area contributed by atoms with Crippen LogP contribution >= 0.6 is 27.5 Å². The predicted molar refractivity (Wildman–Crippen MR) is 85.5 cm³/mol. The van der Waals surface area contributed by atoms with Crippen LogP contribution in [0.4, 0.5) is 4.39 Å². The highest BCUT2D eigenvalue weighted by Gasteiger charge is 2.14. The first-order valence-electron chi connectivity index (χ1n) is 6.44. The molecule has 4 heteroatoms. The molecule has 20 heavy (non-hydrogen) atoms. The van der Waals surface area contributed by atoms with Crippen molar-refractivity contribution in [1.29, 1.82) is 0 Å². The molecular formula is C16H16BrClFN. The molecule has 0 aliphatic rings. The molecule has 0 radical (unpaired) electrons. The Hall–Kier alpha value is -0.900. The average molecular weight is 357 g/mol. The van der Waals surface area contributed by atoms with Crippen LogP contribution in [0.1, 0.15) is 37.1 Å². The second-order valence-electron chi connectivity index (χ2n) is 4.83. The van der Waals surface area contributed by atoms with Crippen molar-refractivity contribution in [2.45, 2.75) is 25.9 Å². The van der Waals surface area contributed by atoms with Crippen LogP contribution in [-0.4, -0.2) is 0 Å². The number of halogens is 3. The first-order chi connectivity index (χ1) is 9.47. The lowest BCUT2D eigenvalue weighted by atomic mass is 10.0. The molecule has 2 aromatic rings. The molecule has 2 aromatic carbocycles. The zero-order valence-corrected chi connectivity index (χ0v) is 13.7. The Balaban J connectivity index is 2.12. The van der Waals surface area contributed by atoms with Crippen LogP contribution in [0.25, 0.3) is 0 Å². The summed E-state index contributed by atoms with van der Waals surface area (Å²) in [4.78, 5) is 0. The van der Waals surface area contributed by atoms with Gasteiger partial charge < -0.3 is 5.32 Å². The molecule has 0 aromatic heterocycles. The fourth-order valence-corrected chi connectivity index (χ4v) is 2.66. The lowest BCUT2D eigenvalue weighted by Crippen LogP contribution is -2.23. The normalized spacial score (nSPS) is 14.1. The summed E-state index contributed by atoms with van der Waals surface area (Å²) >= 11 is 9.26. The smallest absolute Gasteiger partial charge is 0.128 e. The molecule has 1 N–H and O–H groups in total. The highest BCUT2D eigenvalue weighted by atomic mass is 79.9. The third-order valence-corrected chi connectivity index (χ3v) is 4.04. The van der Waals surface area contributed by atoms with Crippen molar-refractivity contribution < 1.29 is 4.39 Å². The first kappa shape index (κ1) is 15.5. The summed E-state index contributed by atoms with van der Waals surface area (Å²) in [7, 11) is 0. The zero-order valence-electron chi connectivity index (χ0n) is 11.3. The van der Waals surface area contributed by atoms with E-state index in [0.717, 1.165) is 10.0 Å². The third kappa shape index (κ3) is 3.81. The SMILES string of the molecule is CC(NC(C)c1cc(Br)ccc1F)c1ccc(Cl)cc1. The molecule has 0 saturated carbocycles. The number of rotatable bonds is 4. The van der Waals surface area contributed by atoms with Gasteiger partial charge in [0.05, 0.1) is 0 Å². The van der Waals surface area contributed by atoms with E-state index in [1.54, 1.807) is 6.07 Å². The quantitative estimate of drug-likeness (QED) is 0.746. The Morgan fingerprint density at radius 1 is 1.05 bits per heavy atom. The van der Waals surface area contributed by atoms with Crippen molar-refractivity contribution in [3.05, 3.63) is 68.9 Å². The number of hydrogen-bond acceptors (Lipinski definition) is 1. The minimum absolute atomic E-state index is 0.0850. The summed E-state index contributed by atoms with van der Waals surface area (Å²) in [5.74, 6) is -0.198. The molecule has 0 heterocycles.